The molecular formula is C10H9NO2S. The van der Waals surface area contributed by atoms with Gasteiger partial charge in [0.25, 0.3) is 5.24 Å². The van der Waals surface area contributed by atoms with E-state index in [1.165, 1.54) is 4.90 Å². The molecule has 1 aliphatic rings. The number of thioether (sulfide) groups is 1. The molecule has 1 fully saturated rings. The van der Waals surface area contributed by atoms with Crippen LogP contribution in [0.1, 0.15) is 11.6 Å². The van der Waals surface area contributed by atoms with Gasteiger partial charge in [0.1, 0.15) is 6.04 Å². The van der Waals surface area contributed by atoms with E-state index in [1.807, 2.05) is 30.3 Å². The van der Waals surface area contributed by atoms with E-state index in [9.17, 15) is 9.59 Å². The van der Waals surface area contributed by atoms with E-state index in [-0.39, 0.29) is 10.4 Å². The van der Waals surface area contributed by atoms with Gasteiger partial charge in [-0.15, -0.1) is 0 Å². The van der Waals surface area contributed by atoms with Gasteiger partial charge in [-0.25, -0.2) is 0 Å². The fraction of sp³-hybridized carbons (Fsp3) is 0.200. The average Bonchev–Trinajstić information content (AvgIpc) is 2.43. The molecule has 0 N–H and O–H groups in total. The van der Waals surface area contributed by atoms with Crippen LogP contribution in [0.4, 0.5) is 4.79 Å². The highest BCUT2D eigenvalue weighted by molar-refractivity contribution is 8.26. The number of rotatable bonds is 1. The first-order valence-corrected chi connectivity index (χ1v) is 5.05. The molecule has 1 amide bonds. The van der Waals surface area contributed by atoms with Gasteiger partial charge < -0.3 is 4.90 Å². The molecular weight excluding hydrogens is 198 g/mol. The zero-order chi connectivity index (χ0) is 10.1. The highest BCUT2D eigenvalue weighted by atomic mass is 32.2. The van der Waals surface area contributed by atoms with Crippen molar-refractivity contribution >= 4 is 22.1 Å². The predicted molar refractivity (Wildman–Crippen MR) is 54.9 cm³/mol. The molecule has 0 saturated carbocycles. The lowest BCUT2D eigenvalue weighted by Gasteiger charge is -2.16. The minimum atomic E-state index is -0.409. The maximum Gasteiger partial charge on any atom is 0.289 e. The minimum Gasteiger partial charge on any atom is -0.321 e. The Morgan fingerprint density at radius 1 is 1.21 bits per heavy atom. The van der Waals surface area contributed by atoms with Gasteiger partial charge in [-0.3, -0.25) is 9.59 Å². The zero-order valence-electron chi connectivity index (χ0n) is 7.64. The van der Waals surface area contributed by atoms with Crippen LogP contribution in [0, 0.1) is 0 Å². The highest BCUT2D eigenvalue weighted by Gasteiger charge is 2.37. The van der Waals surface area contributed by atoms with Crippen molar-refractivity contribution in [3.63, 3.8) is 0 Å². The van der Waals surface area contributed by atoms with Gasteiger partial charge in [0, 0.05) is 18.8 Å². The van der Waals surface area contributed by atoms with Gasteiger partial charge in [-0.1, -0.05) is 30.3 Å². The molecule has 0 radical (unpaired) electrons. The smallest absolute Gasteiger partial charge is 0.289 e. The number of nitrogens with zero attached hydrogens (tertiary/aromatic N) is 1. The maximum atomic E-state index is 11.5. The van der Waals surface area contributed by atoms with E-state index in [0.29, 0.717) is 0 Å². The summed E-state index contributed by atoms with van der Waals surface area (Å²) < 4.78 is 0. The summed E-state index contributed by atoms with van der Waals surface area (Å²) in [6.45, 7) is 0. The molecule has 1 saturated heterocycles. The van der Waals surface area contributed by atoms with Crippen molar-refractivity contribution in [1.29, 1.82) is 0 Å². The van der Waals surface area contributed by atoms with Crippen molar-refractivity contribution in [3.05, 3.63) is 35.9 Å². The van der Waals surface area contributed by atoms with E-state index in [2.05, 4.69) is 0 Å². The van der Waals surface area contributed by atoms with Gasteiger partial charge in [0.2, 0.25) is 5.12 Å². The molecule has 0 bridgehead atoms. The fourth-order valence-electron chi connectivity index (χ4n) is 1.47. The molecule has 3 nitrogen and oxygen atoms in total. The Hall–Kier alpha value is -1.29. The summed E-state index contributed by atoms with van der Waals surface area (Å²) in [6.07, 6.45) is 0. The first kappa shape index (κ1) is 9.27. The van der Waals surface area contributed by atoms with Crippen molar-refractivity contribution < 1.29 is 9.59 Å². The van der Waals surface area contributed by atoms with E-state index >= 15 is 0 Å². The molecule has 14 heavy (non-hydrogen) atoms. The fourth-order valence-corrected chi connectivity index (χ4v) is 2.30. The van der Waals surface area contributed by atoms with Crippen LogP contribution in [-0.2, 0) is 4.79 Å². The van der Waals surface area contributed by atoms with Gasteiger partial charge in [0.05, 0.1) is 0 Å². The number of likely N-dealkylation sites (N-methyl/N-ethyl adjacent to an activating group) is 1. The summed E-state index contributed by atoms with van der Waals surface area (Å²) in [5.74, 6) is 0. The second-order valence-electron chi connectivity index (χ2n) is 3.11. The van der Waals surface area contributed by atoms with Crippen molar-refractivity contribution in [2.75, 3.05) is 7.05 Å². The number of carbonyl (C=O) groups excluding carboxylic acids is 2. The van der Waals surface area contributed by atoms with Crippen LogP contribution in [0.15, 0.2) is 30.3 Å². The van der Waals surface area contributed by atoms with E-state index in [4.69, 9.17) is 0 Å². The highest BCUT2D eigenvalue weighted by Crippen LogP contribution is 2.34. The number of carbonyl (C=O) groups is 2. The van der Waals surface area contributed by atoms with Crippen LogP contribution >= 0.6 is 11.8 Å². The molecule has 0 aromatic heterocycles. The lowest BCUT2D eigenvalue weighted by atomic mass is 10.1. The standard InChI is InChI=1S/C10H9NO2S/c1-11-8(9(12)14-10(11)13)7-5-3-2-4-6-7/h2-6,8H,1H3. The van der Waals surface area contributed by atoms with Crippen LogP contribution in [0.5, 0.6) is 0 Å². The summed E-state index contributed by atoms with van der Waals surface area (Å²) in [4.78, 5) is 24.2. The first-order valence-electron chi connectivity index (χ1n) is 4.23. The first-order chi connectivity index (χ1) is 6.70. The molecule has 1 aromatic carbocycles. The lowest BCUT2D eigenvalue weighted by molar-refractivity contribution is -0.113. The molecule has 1 aromatic rings. The summed E-state index contributed by atoms with van der Waals surface area (Å²) >= 11 is 0.780. The average molecular weight is 207 g/mol. The quantitative estimate of drug-likeness (QED) is 0.707. The zero-order valence-corrected chi connectivity index (χ0v) is 8.45. The molecule has 1 unspecified atom stereocenters. The monoisotopic (exact) mass is 207 g/mol. The third kappa shape index (κ3) is 1.42. The minimum absolute atomic E-state index is 0.0938. The number of benzene rings is 1. The summed E-state index contributed by atoms with van der Waals surface area (Å²) in [5.41, 5.74) is 0.873. The van der Waals surface area contributed by atoms with Gasteiger partial charge in [-0.2, -0.15) is 0 Å². The molecule has 4 heteroatoms. The number of hydrogen-bond donors (Lipinski definition) is 0. The largest absolute Gasteiger partial charge is 0.321 e. The SMILES string of the molecule is CN1C(=O)SC(=O)C1c1ccccc1. The Kier molecular flexibility index (Phi) is 2.29. The van der Waals surface area contributed by atoms with Crippen molar-refractivity contribution in [1.82, 2.24) is 4.90 Å². The van der Waals surface area contributed by atoms with Crippen LogP contribution < -0.4 is 0 Å². The van der Waals surface area contributed by atoms with Crippen molar-refractivity contribution in [2.45, 2.75) is 6.04 Å². The Morgan fingerprint density at radius 3 is 2.36 bits per heavy atom. The molecule has 1 heterocycles. The molecule has 2 rings (SSSR count). The van der Waals surface area contributed by atoms with Crippen molar-refractivity contribution in [3.8, 4) is 0 Å². The summed E-state index contributed by atoms with van der Waals surface area (Å²) in [7, 11) is 1.65. The topological polar surface area (TPSA) is 37.4 Å². The number of amides is 1. The van der Waals surface area contributed by atoms with E-state index in [1.54, 1.807) is 7.05 Å². The second kappa shape index (κ2) is 3.46. The Labute approximate surface area is 86.1 Å². The Bertz CT molecular complexity index is 377. The Morgan fingerprint density at radius 2 is 1.86 bits per heavy atom. The van der Waals surface area contributed by atoms with Crippen LogP contribution in [0.3, 0.4) is 0 Å². The van der Waals surface area contributed by atoms with E-state index in [0.717, 1.165) is 17.3 Å². The van der Waals surface area contributed by atoms with Gasteiger partial charge in [-0.05, 0) is 5.56 Å². The van der Waals surface area contributed by atoms with Gasteiger partial charge in [0.15, 0.2) is 0 Å². The molecule has 1 atom stereocenters. The number of hydrogen-bond acceptors (Lipinski definition) is 3. The van der Waals surface area contributed by atoms with Crippen LogP contribution in [0.25, 0.3) is 0 Å². The Balaban J connectivity index is 2.36. The van der Waals surface area contributed by atoms with Crippen LogP contribution in [-0.4, -0.2) is 22.3 Å². The van der Waals surface area contributed by atoms with E-state index < -0.39 is 6.04 Å². The molecule has 0 aliphatic carbocycles. The molecule has 1 aliphatic heterocycles. The van der Waals surface area contributed by atoms with Gasteiger partial charge >= 0.3 is 0 Å². The lowest BCUT2D eigenvalue weighted by Crippen LogP contribution is -2.23. The second-order valence-corrected chi connectivity index (χ2v) is 4.07. The van der Waals surface area contributed by atoms with Crippen molar-refractivity contribution in [2.24, 2.45) is 0 Å². The maximum absolute atomic E-state index is 11.5. The third-order valence-corrected chi connectivity index (χ3v) is 3.09. The normalized spacial score (nSPS) is 21.8. The third-order valence-electron chi connectivity index (χ3n) is 2.20. The molecule has 0 spiro atoms. The predicted octanol–water partition coefficient (Wildman–Crippen LogP) is 2.05. The summed E-state index contributed by atoms with van der Waals surface area (Å²) in [6, 6.07) is 8.93. The molecule has 72 valence electrons. The van der Waals surface area contributed by atoms with Crippen LogP contribution in [0.2, 0.25) is 0 Å². The summed E-state index contributed by atoms with van der Waals surface area (Å²) in [5, 5.41) is -0.271.